The molecule has 2 aromatic rings. The second kappa shape index (κ2) is 5.39. The molecule has 1 aromatic carbocycles. The zero-order valence-electron chi connectivity index (χ0n) is 8.90. The Morgan fingerprint density at radius 2 is 2.24 bits per heavy atom. The van der Waals surface area contributed by atoms with E-state index in [1.165, 1.54) is 17.9 Å². The lowest BCUT2D eigenvalue weighted by atomic mass is 10.2. The fourth-order valence-electron chi connectivity index (χ4n) is 1.25. The molecule has 2 rings (SSSR count). The maximum Gasteiger partial charge on any atom is 0.208 e. The number of hydrogen-bond donors (Lipinski definition) is 2. The number of aryl methyl sites for hydroxylation is 1. The molecule has 4 nitrogen and oxygen atoms in total. The van der Waals surface area contributed by atoms with Gasteiger partial charge >= 0.3 is 0 Å². The molecule has 0 unspecified atom stereocenters. The Kier molecular flexibility index (Phi) is 3.88. The average Bonchev–Trinajstić information content (AvgIpc) is 2.75. The third-order valence-corrected chi connectivity index (χ3v) is 3.04. The molecule has 0 amide bonds. The van der Waals surface area contributed by atoms with Crippen molar-refractivity contribution in [1.82, 2.24) is 9.36 Å². The number of aromatic nitrogens is 2. The van der Waals surface area contributed by atoms with Crippen molar-refractivity contribution in [3.05, 3.63) is 35.1 Å². The minimum Gasteiger partial charge on any atom is -0.332 e. The van der Waals surface area contributed by atoms with Gasteiger partial charge in [0, 0.05) is 22.2 Å². The molecule has 88 valence electrons. The van der Waals surface area contributed by atoms with E-state index in [2.05, 4.69) is 20.0 Å². The number of rotatable bonds is 2. The van der Waals surface area contributed by atoms with Crippen molar-refractivity contribution in [2.24, 2.45) is 0 Å². The van der Waals surface area contributed by atoms with Gasteiger partial charge in [-0.15, -0.1) is 0 Å². The molecule has 0 saturated carbocycles. The molecule has 0 fully saturated rings. The van der Waals surface area contributed by atoms with Crippen molar-refractivity contribution in [2.75, 3.05) is 10.6 Å². The molecule has 0 aliphatic rings. The van der Waals surface area contributed by atoms with Gasteiger partial charge in [0.2, 0.25) is 5.13 Å². The zero-order valence-corrected chi connectivity index (χ0v) is 11.3. The standard InChI is InChI=1S/C10H9ClN4S2/c1-6-4-7(11)2-3-8(6)14-9(16)15-10-12-5-13-17-10/h2-5H,1H3,(H2,12,13,14,15,16). The largest absolute Gasteiger partial charge is 0.332 e. The van der Waals surface area contributed by atoms with Gasteiger partial charge in [-0.3, -0.25) is 0 Å². The summed E-state index contributed by atoms with van der Waals surface area (Å²) in [6.45, 7) is 1.96. The first-order valence-electron chi connectivity index (χ1n) is 4.76. The van der Waals surface area contributed by atoms with E-state index in [4.69, 9.17) is 23.8 Å². The van der Waals surface area contributed by atoms with E-state index in [1.807, 2.05) is 25.1 Å². The van der Waals surface area contributed by atoms with Crippen LogP contribution in [0.2, 0.25) is 5.02 Å². The average molecular weight is 285 g/mol. The Morgan fingerprint density at radius 1 is 1.41 bits per heavy atom. The molecule has 0 atom stereocenters. The number of thiocarbonyl (C=S) groups is 1. The Labute approximate surface area is 113 Å². The molecule has 0 aliphatic carbocycles. The summed E-state index contributed by atoms with van der Waals surface area (Å²) in [5.74, 6) is 0. The zero-order chi connectivity index (χ0) is 12.3. The SMILES string of the molecule is Cc1cc(Cl)ccc1NC(=S)Nc1ncns1. The predicted molar refractivity (Wildman–Crippen MR) is 75.9 cm³/mol. The van der Waals surface area contributed by atoms with Crippen LogP contribution in [0.15, 0.2) is 24.5 Å². The lowest BCUT2D eigenvalue weighted by Gasteiger charge is -2.10. The second-order valence-corrected chi connectivity index (χ2v) is 4.91. The first-order valence-corrected chi connectivity index (χ1v) is 6.32. The highest BCUT2D eigenvalue weighted by Crippen LogP contribution is 2.19. The summed E-state index contributed by atoms with van der Waals surface area (Å²) < 4.78 is 3.87. The van der Waals surface area contributed by atoms with Gasteiger partial charge < -0.3 is 10.6 Å². The molecule has 0 aliphatic heterocycles. The van der Waals surface area contributed by atoms with Crippen LogP contribution >= 0.6 is 35.4 Å². The molecule has 17 heavy (non-hydrogen) atoms. The number of anilines is 2. The molecule has 1 aromatic heterocycles. The Bertz CT molecular complexity index is 527. The van der Waals surface area contributed by atoms with Crippen molar-refractivity contribution >= 4 is 51.3 Å². The quantitative estimate of drug-likeness (QED) is 0.829. The summed E-state index contributed by atoms with van der Waals surface area (Å²) in [5, 5.41) is 7.87. The number of nitrogens with zero attached hydrogens (tertiary/aromatic N) is 2. The van der Waals surface area contributed by atoms with Crippen molar-refractivity contribution in [1.29, 1.82) is 0 Å². The van der Waals surface area contributed by atoms with Crippen molar-refractivity contribution in [2.45, 2.75) is 6.92 Å². The minimum atomic E-state index is 0.479. The molecular weight excluding hydrogens is 276 g/mol. The van der Waals surface area contributed by atoms with E-state index in [9.17, 15) is 0 Å². The van der Waals surface area contributed by atoms with E-state index < -0.39 is 0 Å². The highest BCUT2D eigenvalue weighted by atomic mass is 35.5. The maximum atomic E-state index is 5.88. The van der Waals surface area contributed by atoms with Crippen LogP contribution in [0.4, 0.5) is 10.8 Å². The van der Waals surface area contributed by atoms with Gasteiger partial charge in [0.25, 0.3) is 0 Å². The van der Waals surface area contributed by atoms with Crippen molar-refractivity contribution in [3.63, 3.8) is 0 Å². The van der Waals surface area contributed by atoms with Crippen molar-refractivity contribution in [3.8, 4) is 0 Å². The van der Waals surface area contributed by atoms with Crippen molar-refractivity contribution < 1.29 is 0 Å². The molecule has 7 heteroatoms. The first-order chi connectivity index (χ1) is 8.15. The second-order valence-electron chi connectivity index (χ2n) is 3.28. The van der Waals surface area contributed by atoms with Gasteiger partial charge in [0.15, 0.2) is 5.11 Å². The molecule has 1 heterocycles. The molecule has 0 saturated heterocycles. The van der Waals surface area contributed by atoms with Crippen LogP contribution in [-0.2, 0) is 0 Å². The van der Waals surface area contributed by atoms with Crippen LogP contribution in [0.25, 0.3) is 0 Å². The maximum absolute atomic E-state index is 5.88. The Morgan fingerprint density at radius 3 is 2.88 bits per heavy atom. The van der Waals surface area contributed by atoms with Gasteiger partial charge in [-0.1, -0.05) is 11.6 Å². The highest BCUT2D eigenvalue weighted by Gasteiger charge is 2.03. The van der Waals surface area contributed by atoms with E-state index in [-0.39, 0.29) is 0 Å². The molecule has 0 radical (unpaired) electrons. The van der Waals surface area contributed by atoms with Crippen LogP contribution in [0.5, 0.6) is 0 Å². The van der Waals surface area contributed by atoms with E-state index in [0.717, 1.165) is 11.3 Å². The van der Waals surface area contributed by atoms with E-state index in [1.54, 1.807) is 0 Å². The Balaban J connectivity index is 2.03. The number of nitrogens with one attached hydrogen (secondary N) is 2. The van der Waals surface area contributed by atoms with E-state index >= 15 is 0 Å². The molecular formula is C10H9ClN4S2. The lowest BCUT2D eigenvalue weighted by Crippen LogP contribution is -2.19. The number of benzene rings is 1. The topological polar surface area (TPSA) is 49.8 Å². The van der Waals surface area contributed by atoms with Gasteiger partial charge in [-0.2, -0.15) is 4.37 Å². The highest BCUT2D eigenvalue weighted by molar-refractivity contribution is 7.80. The van der Waals surface area contributed by atoms with Gasteiger partial charge in [-0.25, -0.2) is 4.98 Å². The monoisotopic (exact) mass is 284 g/mol. The minimum absolute atomic E-state index is 0.479. The fraction of sp³-hybridized carbons (Fsp3) is 0.100. The van der Waals surface area contributed by atoms with Gasteiger partial charge in [0.05, 0.1) is 0 Å². The number of halogens is 1. The molecule has 0 spiro atoms. The molecule has 2 N–H and O–H groups in total. The summed E-state index contributed by atoms with van der Waals surface area (Å²) in [4.78, 5) is 3.98. The van der Waals surface area contributed by atoms with Crippen LogP contribution in [-0.4, -0.2) is 14.5 Å². The summed E-state index contributed by atoms with van der Waals surface area (Å²) in [5.41, 5.74) is 1.94. The third kappa shape index (κ3) is 3.36. The van der Waals surface area contributed by atoms with Crippen LogP contribution in [0, 0.1) is 6.92 Å². The first kappa shape index (κ1) is 12.2. The summed E-state index contributed by atoms with van der Waals surface area (Å²) >= 11 is 12.3. The summed E-state index contributed by atoms with van der Waals surface area (Å²) in [6.07, 6.45) is 1.48. The Hall–Kier alpha value is -1.24. The predicted octanol–water partition coefficient (Wildman–Crippen LogP) is 3.31. The molecule has 0 bridgehead atoms. The van der Waals surface area contributed by atoms with Crippen LogP contribution in [0.1, 0.15) is 5.56 Å². The van der Waals surface area contributed by atoms with E-state index in [0.29, 0.717) is 15.3 Å². The van der Waals surface area contributed by atoms with Gasteiger partial charge in [0.1, 0.15) is 6.33 Å². The lowest BCUT2D eigenvalue weighted by molar-refractivity contribution is 1.33. The number of hydrogen-bond acceptors (Lipinski definition) is 4. The van der Waals surface area contributed by atoms with Crippen LogP contribution in [0.3, 0.4) is 0 Å². The summed E-state index contributed by atoms with van der Waals surface area (Å²) in [6, 6.07) is 5.56. The normalized spacial score (nSPS) is 10.0. The third-order valence-electron chi connectivity index (χ3n) is 2.02. The smallest absolute Gasteiger partial charge is 0.208 e. The fourth-order valence-corrected chi connectivity index (χ4v) is 2.18. The summed E-state index contributed by atoms with van der Waals surface area (Å²) in [7, 11) is 0. The van der Waals surface area contributed by atoms with Crippen LogP contribution < -0.4 is 10.6 Å². The van der Waals surface area contributed by atoms with Gasteiger partial charge in [-0.05, 0) is 42.9 Å².